The maximum Gasteiger partial charge on any atom is 0.267 e. The van der Waals surface area contributed by atoms with Crippen LogP contribution in [0, 0.1) is 0 Å². The lowest BCUT2D eigenvalue weighted by molar-refractivity contribution is -0.118. The van der Waals surface area contributed by atoms with Gasteiger partial charge in [-0.2, -0.15) is 0 Å². The monoisotopic (exact) mass is 722 g/mol. The number of phenolic OH excluding ortho intramolecular Hbond substituents is 2. The van der Waals surface area contributed by atoms with Gasteiger partial charge >= 0.3 is 0 Å². The third-order valence-corrected chi connectivity index (χ3v) is 8.77. The fourth-order valence-corrected chi connectivity index (χ4v) is 6.10. The average Bonchev–Trinajstić information content (AvgIpc) is 3.59. The highest BCUT2D eigenvalue weighted by Gasteiger charge is 2.23. The molecule has 266 valence electrons. The maximum atomic E-state index is 11.8. The lowest BCUT2D eigenvalue weighted by atomic mass is 9.86. The Hall–Kier alpha value is -5.32. The first-order valence-electron chi connectivity index (χ1n) is 16.6. The minimum absolute atomic E-state index is 0.103. The summed E-state index contributed by atoms with van der Waals surface area (Å²) >= 11 is 9.39. The minimum atomic E-state index is -0.108. The van der Waals surface area contributed by atoms with E-state index in [-0.39, 0.29) is 23.3 Å². The molecule has 0 unspecified atom stereocenters. The number of nitrogens with one attached hydrogen (secondary N) is 4. The fourth-order valence-electron chi connectivity index (χ4n) is 5.78. The lowest BCUT2D eigenvalue weighted by Gasteiger charge is -2.22. The summed E-state index contributed by atoms with van der Waals surface area (Å²) in [7, 11) is 6.75. The van der Waals surface area contributed by atoms with E-state index in [2.05, 4.69) is 21.3 Å². The van der Waals surface area contributed by atoms with Gasteiger partial charge in [-0.05, 0) is 101 Å². The van der Waals surface area contributed by atoms with Gasteiger partial charge in [-0.1, -0.05) is 97.2 Å². The molecule has 2 aliphatic carbocycles. The van der Waals surface area contributed by atoms with Crippen LogP contribution in [0.3, 0.4) is 0 Å². The summed E-state index contributed by atoms with van der Waals surface area (Å²) in [4.78, 5) is 23.6. The van der Waals surface area contributed by atoms with Gasteiger partial charge in [-0.15, -0.1) is 0 Å². The second-order valence-electron chi connectivity index (χ2n) is 11.5. The highest BCUT2D eigenvalue weighted by molar-refractivity contribution is 7.79. The van der Waals surface area contributed by atoms with Crippen molar-refractivity contribution in [2.75, 3.05) is 28.2 Å². The van der Waals surface area contributed by atoms with E-state index in [1.807, 2.05) is 72.8 Å². The van der Waals surface area contributed by atoms with Crippen LogP contribution >= 0.6 is 24.4 Å². The SMILES string of the molecule is CNC(=O)/C(NC)=C1\CCCc2cc(O)ccc21.CNC(=O)/C(NC)=C1\CCc2cc(O)ccc21.S=Cc1ccccc1.S=Cc1ccccc1. The second-order valence-corrected chi connectivity index (χ2v) is 11.9. The summed E-state index contributed by atoms with van der Waals surface area (Å²) in [6.07, 6.45) is 4.50. The zero-order valence-electron chi connectivity index (χ0n) is 29.5. The number of hydrogen-bond donors (Lipinski definition) is 6. The van der Waals surface area contributed by atoms with Gasteiger partial charge < -0.3 is 31.5 Å². The Bertz CT molecular complexity index is 1810. The number of aromatic hydroxyl groups is 2. The van der Waals surface area contributed by atoms with Crippen LogP contribution in [0.1, 0.15) is 52.6 Å². The number of amides is 2. The van der Waals surface area contributed by atoms with Gasteiger partial charge in [-0.25, -0.2) is 0 Å². The lowest BCUT2D eigenvalue weighted by Crippen LogP contribution is -2.29. The van der Waals surface area contributed by atoms with Crippen molar-refractivity contribution in [3.05, 3.63) is 142 Å². The number of fused-ring (bicyclic) bond motifs is 2. The van der Waals surface area contributed by atoms with Crippen molar-refractivity contribution in [3.63, 3.8) is 0 Å². The number of likely N-dealkylation sites (N-methyl/N-ethyl adjacent to an activating group) is 4. The van der Waals surface area contributed by atoms with E-state index in [1.54, 1.807) is 63.2 Å². The van der Waals surface area contributed by atoms with Crippen molar-refractivity contribution in [1.29, 1.82) is 0 Å². The number of thiocarbonyl (C=S) groups is 2. The van der Waals surface area contributed by atoms with Gasteiger partial charge in [0.1, 0.15) is 22.9 Å². The smallest absolute Gasteiger partial charge is 0.267 e. The number of carbonyl (C=O) groups is 2. The van der Waals surface area contributed by atoms with Crippen LogP contribution in [0.25, 0.3) is 11.1 Å². The van der Waals surface area contributed by atoms with E-state index in [4.69, 9.17) is 24.4 Å². The highest BCUT2D eigenvalue weighted by Crippen LogP contribution is 2.36. The number of rotatable bonds is 6. The Morgan fingerprint density at radius 2 is 0.961 bits per heavy atom. The molecule has 2 aliphatic rings. The third kappa shape index (κ3) is 11.6. The molecule has 0 radical (unpaired) electrons. The van der Waals surface area contributed by atoms with Gasteiger partial charge in [0.05, 0.1) is 0 Å². The topological polar surface area (TPSA) is 123 Å². The molecular weight excluding hydrogens is 677 g/mol. The molecule has 0 atom stereocenters. The highest BCUT2D eigenvalue weighted by atomic mass is 32.1. The summed E-state index contributed by atoms with van der Waals surface area (Å²) in [5.41, 5.74) is 9.78. The molecule has 0 saturated carbocycles. The first kappa shape index (κ1) is 40.1. The Morgan fingerprint density at radius 1 is 0.549 bits per heavy atom. The van der Waals surface area contributed by atoms with Crippen LogP contribution < -0.4 is 21.3 Å². The molecule has 6 N–H and O–H groups in total. The predicted molar refractivity (Wildman–Crippen MR) is 216 cm³/mol. The number of allylic oxidation sites excluding steroid dienone is 2. The molecular formula is C41H46N4O4S2. The minimum Gasteiger partial charge on any atom is -0.508 e. The van der Waals surface area contributed by atoms with Crippen molar-refractivity contribution < 1.29 is 19.8 Å². The van der Waals surface area contributed by atoms with Crippen molar-refractivity contribution in [1.82, 2.24) is 21.3 Å². The predicted octanol–water partition coefficient (Wildman–Crippen LogP) is 6.49. The summed E-state index contributed by atoms with van der Waals surface area (Å²) in [5.74, 6) is 0.341. The van der Waals surface area contributed by atoms with E-state index >= 15 is 0 Å². The Morgan fingerprint density at radius 3 is 1.33 bits per heavy atom. The number of hydrogen-bond acceptors (Lipinski definition) is 8. The Kier molecular flexibility index (Phi) is 16.5. The Labute approximate surface area is 311 Å². The summed E-state index contributed by atoms with van der Waals surface area (Å²) < 4.78 is 0. The van der Waals surface area contributed by atoms with Crippen LogP contribution in [-0.2, 0) is 22.4 Å². The fraction of sp³-hybridized carbons (Fsp3) is 0.220. The van der Waals surface area contributed by atoms with E-state index in [1.165, 1.54) is 0 Å². The number of carbonyl (C=O) groups excluding carboxylic acids is 2. The van der Waals surface area contributed by atoms with Gasteiger partial charge in [0.2, 0.25) is 0 Å². The molecule has 10 heteroatoms. The molecule has 0 bridgehead atoms. The number of aryl methyl sites for hydroxylation is 2. The maximum absolute atomic E-state index is 11.8. The Balaban J connectivity index is 0.000000196. The van der Waals surface area contributed by atoms with Crippen molar-refractivity contribution in [2.24, 2.45) is 0 Å². The summed E-state index contributed by atoms with van der Waals surface area (Å²) in [5, 5.41) is 33.5. The number of benzene rings is 4. The molecule has 0 heterocycles. The van der Waals surface area contributed by atoms with E-state index in [0.717, 1.165) is 76.6 Å². The van der Waals surface area contributed by atoms with Crippen molar-refractivity contribution >= 4 is 58.1 Å². The molecule has 0 spiro atoms. The summed E-state index contributed by atoms with van der Waals surface area (Å²) in [6.45, 7) is 0. The van der Waals surface area contributed by atoms with Gasteiger partial charge in [0.25, 0.3) is 11.8 Å². The van der Waals surface area contributed by atoms with Crippen LogP contribution in [0.4, 0.5) is 0 Å². The molecule has 0 aromatic heterocycles. The number of phenols is 2. The molecule has 0 saturated heterocycles. The van der Waals surface area contributed by atoms with Crippen LogP contribution in [0.15, 0.2) is 108 Å². The third-order valence-electron chi connectivity index (χ3n) is 8.23. The normalized spacial score (nSPS) is 14.0. The van der Waals surface area contributed by atoms with E-state index < -0.39 is 0 Å². The van der Waals surface area contributed by atoms with Crippen molar-refractivity contribution in [3.8, 4) is 11.5 Å². The molecule has 6 rings (SSSR count). The zero-order chi connectivity index (χ0) is 37.2. The molecule has 0 aliphatic heterocycles. The molecule has 0 fully saturated rings. The molecule has 8 nitrogen and oxygen atoms in total. The second kappa shape index (κ2) is 21.0. The van der Waals surface area contributed by atoms with Crippen molar-refractivity contribution in [2.45, 2.75) is 32.1 Å². The molecule has 4 aromatic carbocycles. The zero-order valence-corrected chi connectivity index (χ0v) is 31.1. The molecule has 4 aromatic rings. The molecule has 51 heavy (non-hydrogen) atoms. The van der Waals surface area contributed by atoms with Crippen LogP contribution in [0.2, 0.25) is 0 Å². The first-order valence-corrected chi connectivity index (χ1v) is 17.6. The van der Waals surface area contributed by atoms with E-state index in [9.17, 15) is 19.8 Å². The first-order chi connectivity index (χ1) is 24.7. The van der Waals surface area contributed by atoms with Gasteiger partial charge in [0, 0.05) is 38.9 Å². The average molecular weight is 723 g/mol. The standard InChI is InChI=1S/C14H18N2O2.C13H16N2O2.2C7H6S/c1-15-13(14(18)16-2)12-5-3-4-9-8-10(17)6-7-11(9)12;1-14-12(13(17)15-2)11-5-3-8-7-9(16)4-6-10(8)11;2*8-6-7-4-2-1-3-5-7/h6-8,15,17H,3-5H2,1-2H3,(H,16,18);4,6-7,14,16H,3,5H2,1-2H3,(H,15,17);2*1-6H/b13-12-;12-11-;;. The van der Waals surface area contributed by atoms with Gasteiger partial charge in [0.15, 0.2) is 0 Å². The van der Waals surface area contributed by atoms with Crippen LogP contribution in [-0.4, -0.2) is 61.0 Å². The molecule has 2 amide bonds. The van der Waals surface area contributed by atoms with Gasteiger partial charge in [-0.3, -0.25) is 9.59 Å². The van der Waals surface area contributed by atoms with Crippen LogP contribution in [0.5, 0.6) is 11.5 Å². The van der Waals surface area contributed by atoms with E-state index in [0.29, 0.717) is 11.4 Å². The quantitative estimate of drug-likeness (QED) is 0.0988. The summed E-state index contributed by atoms with van der Waals surface area (Å²) in [6, 6.07) is 30.4. The largest absolute Gasteiger partial charge is 0.508 e.